The Morgan fingerprint density at radius 3 is 2.61 bits per heavy atom. The second-order valence-electron chi connectivity index (χ2n) is 6.88. The van der Waals surface area contributed by atoms with Gasteiger partial charge in [0.15, 0.2) is 0 Å². The summed E-state index contributed by atoms with van der Waals surface area (Å²) in [5.74, 6) is 1.75. The van der Waals surface area contributed by atoms with Crippen molar-refractivity contribution in [2.45, 2.75) is 31.1 Å². The number of rotatable bonds is 7. The van der Waals surface area contributed by atoms with Crippen LogP contribution >= 0.6 is 11.8 Å². The molecule has 9 nitrogen and oxygen atoms in total. The van der Waals surface area contributed by atoms with Crippen molar-refractivity contribution in [3.63, 3.8) is 0 Å². The van der Waals surface area contributed by atoms with Crippen LogP contribution in [0.15, 0.2) is 63.0 Å². The lowest BCUT2D eigenvalue weighted by Gasteiger charge is -2.09. The van der Waals surface area contributed by atoms with Gasteiger partial charge >= 0.3 is 6.61 Å². The van der Waals surface area contributed by atoms with Crippen molar-refractivity contribution in [1.82, 2.24) is 29.4 Å². The highest BCUT2D eigenvalue weighted by molar-refractivity contribution is 7.98. The van der Waals surface area contributed by atoms with E-state index in [0.717, 1.165) is 5.52 Å². The normalized spacial score (nSPS) is 11.6. The van der Waals surface area contributed by atoms with E-state index in [4.69, 9.17) is 4.42 Å². The summed E-state index contributed by atoms with van der Waals surface area (Å²) in [6.45, 7) is -0.544. The van der Waals surface area contributed by atoms with Crippen LogP contribution in [0, 0.1) is 0 Å². The molecule has 0 aliphatic rings. The number of fused-ring (bicyclic) bond motifs is 3. The van der Waals surface area contributed by atoms with E-state index in [0.29, 0.717) is 40.1 Å². The Morgan fingerprint density at radius 2 is 1.85 bits per heavy atom. The number of alkyl halides is 2. The van der Waals surface area contributed by atoms with E-state index in [9.17, 15) is 13.6 Å². The zero-order valence-corrected chi connectivity index (χ0v) is 18.0. The van der Waals surface area contributed by atoms with Gasteiger partial charge in [0.1, 0.15) is 11.6 Å². The second kappa shape index (κ2) is 8.62. The average Bonchev–Trinajstić information content (AvgIpc) is 3.46. The van der Waals surface area contributed by atoms with Crippen molar-refractivity contribution in [3.8, 4) is 17.2 Å². The van der Waals surface area contributed by atoms with Crippen molar-refractivity contribution in [2.24, 2.45) is 0 Å². The van der Waals surface area contributed by atoms with E-state index in [-0.39, 0.29) is 17.2 Å². The zero-order valence-electron chi connectivity index (χ0n) is 17.2. The summed E-state index contributed by atoms with van der Waals surface area (Å²) >= 11 is 1.27. The minimum absolute atomic E-state index is 0.0410. The Balaban J connectivity index is 1.41. The maximum atomic E-state index is 12.8. The predicted octanol–water partition coefficient (Wildman–Crippen LogP) is 4.01. The minimum Gasteiger partial charge on any atom is -0.435 e. The van der Waals surface area contributed by atoms with E-state index in [1.807, 2.05) is 29.5 Å². The van der Waals surface area contributed by atoms with Crippen LogP contribution < -0.4 is 10.3 Å². The summed E-state index contributed by atoms with van der Waals surface area (Å²) in [5, 5.41) is 17.4. The Hall–Kier alpha value is -3.80. The van der Waals surface area contributed by atoms with Crippen LogP contribution in [0.3, 0.4) is 0 Å². The Kier molecular flexibility index (Phi) is 5.50. The molecule has 3 heterocycles. The van der Waals surface area contributed by atoms with Crippen LogP contribution in [0.25, 0.3) is 28.1 Å². The number of hydrogen-bond donors (Lipinski definition) is 0. The summed E-state index contributed by atoms with van der Waals surface area (Å²) in [4.78, 5) is 12.8. The number of para-hydroxylation sites is 1. The number of hydrogen-bond acceptors (Lipinski definition) is 8. The highest BCUT2D eigenvalue weighted by Crippen LogP contribution is 2.27. The summed E-state index contributed by atoms with van der Waals surface area (Å²) in [6, 6.07) is 13.2. The highest BCUT2D eigenvalue weighted by Gasteiger charge is 2.17. The monoisotopic (exact) mass is 470 g/mol. The standard InChI is InChI=1S/C21H16F2N6O3S/c1-2-28-18(30)14-5-3-4-6-15(14)29-16(24-26-20(28)29)11-33-21-27-25-17(32-21)12-7-9-13(10-8-12)31-19(22)23/h3-10,19H,2,11H2,1H3. The minimum atomic E-state index is -2.89. The molecule has 33 heavy (non-hydrogen) atoms. The molecule has 5 aromatic rings. The first-order chi connectivity index (χ1) is 16.0. The Morgan fingerprint density at radius 1 is 1.06 bits per heavy atom. The average molecular weight is 470 g/mol. The van der Waals surface area contributed by atoms with Gasteiger partial charge in [0.05, 0.1) is 16.7 Å². The first kappa shape index (κ1) is 21.1. The molecule has 0 saturated carbocycles. The van der Waals surface area contributed by atoms with Crippen LogP contribution in [-0.4, -0.2) is 36.0 Å². The SMILES string of the molecule is CCn1c(=O)c2ccccc2n2c(CSc3nnc(-c4ccc(OC(F)F)cc4)o3)nnc12. The molecular weight excluding hydrogens is 454 g/mol. The first-order valence-electron chi connectivity index (χ1n) is 9.92. The molecule has 168 valence electrons. The van der Waals surface area contributed by atoms with Crippen molar-refractivity contribution in [2.75, 3.05) is 0 Å². The molecule has 0 aliphatic heterocycles. The molecule has 0 spiro atoms. The number of aryl methyl sites for hydroxylation is 1. The fraction of sp³-hybridized carbons (Fsp3) is 0.190. The maximum absolute atomic E-state index is 12.8. The number of nitrogens with zero attached hydrogens (tertiary/aromatic N) is 6. The Labute approximate surface area is 189 Å². The maximum Gasteiger partial charge on any atom is 0.387 e. The third-order valence-corrected chi connectivity index (χ3v) is 5.76. The largest absolute Gasteiger partial charge is 0.435 e. The van der Waals surface area contributed by atoms with Crippen molar-refractivity contribution < 1.29 is 17.9 Å². The van der Waals surface area contributed by atoms with Gasteiger partial charge in [0.25, 0.3) is 10.8 Å². The molecule has 0 bridgehead atoms. The molecule has 0 N–H and O–H groups in total. The number of halogens is 2. The summed E-state index contributed by atoms with van der Waals surface area (Å²) in [5.41, 5.74) is 1.18. The highest BCUT2D eigenvalue weighted by atomic mass is 32.2. The van der Waals surface area contributed by atoms with Gasteiger partial charge in [-0.1, -0.05) is 23.9 Å². The fourth-order valence-electron chi connectivity index (χ4n) is 3.48. The molecule has 0 fully saturated rings. The molecule has 0 radical (unpaired) electrons. The number of ether oxygens (including phenoxy) is 1. The van der Waals surface area contributed by atoms with E-state index in [1.54, 1.807) is 22.8 Å². The first-order valence-corrected chi connectivity index (χ1v) is 10.9. The molecule has 0 unspecified atom stereocenters. The van der Waals surface area contributed by atoms with Crippen LogP contribution in [0.1, 0.15) is 12.7 Å². The second-order valence-corrected chi connectivity index (χ2v) is 7.81. The zero-order chi connectivity index (χ0) is 22.9. The molecule has 0 amide bonds. The fourth-order valence-corrected chi connectivity index (χ4v) is 4.16. The smallest absolute Gasteiger partial charge is 0.387 e. The van der Waals surface area contributed by atoms with E-state index in [2.05, 4.69) is 25.1 Å². The third kappa shape index (κ3) is 3.93. The molecule has 0 aliphatic carbocycles. The molecule has 3 aromatic heterocycles. The molecule has 5 rings (SSSR count). The third-order valence-electron chi connectivity index (χ3n) is 4.95. The van der Waals surface area contributed by atoms with Crippen molar-refractivity contribution in [1.29, 1.82) is 0 Å². The molecule has 2 aromatic carbocycles. The quantitative estimate of drug-likeness (QED) is 0.329. The van der Waals surface area contributed by atoms with Crippen molar-refractivity contribution in [3.05, 3.63) is 64.7 Å². The van der Waals surface area contributed by atoms with Crippen LogP contribution in [-0.2, 0) is 12.3 Å². The van der Waals surface area contributed by atoms with Gasteiger partial charge in [0, 0.05) is 12.1 Å². The lowest BCUT2D eigenvalue weighted by atomic mass is 10.2. The number of thioether (sulfide) groups is 1. The van der Waals surface area contributed by atoms with Gasteiger partial charge in [-0.3, -0.25) is 13.8 Å². The van der Waals surface area contributed by atoms with Crippen molar-refractivity contribution >= 4 is 28.4 Å². The number of aromatic nitrogens is 6. The summed E-state index contributed by atoms with van der Waals surface area (Å²) in [6.07, 6.45) is 0. The van der Waals surface area contributed by atoms with Gasteiger partial charge in [-0.15, -0.1) is 20.4 Å². The lowest BCUT2D eigenvalue weighted by Crippen LogP contribution is -2.22. The summed E-state index contributed by atoms with van der Waals surface area (Å²) < 4.78 is 38.1. The van der Waals surface area contributed by atoms with E-state index in [1.165, 1.54) is 23.9 Å². The summed E-state index contributed by atoms with van der Waals surface area (Å²) in [7, 11) is 0. The lowest BCUT2D eigenvalue weighted by molar-refractivity contribution is -0.0498. The molecule has 12 heteroatoms. The van der Waals surface area contributed by atoms with Gasteiger partial charge < -0.3 is 9.15 Å². The van der Waals surface area contributed by atoms with Gasteiger partial charge in [0.2, 0.25) is 11.7 Å². The predicted molar refractivity (Wildman–Crippen MR) is 116 cm³/mol. The van der Waals surface area contributed by atoms with Gasteiger partial charge in [-0.05, 0) is 43.3 Å². The van der Waals surface area contributed by atoms with Gasteiger partial charge in [-0.2, -0.15) is 8.78 Å². The van der Waals surface area contributed by atoms with E-state index < -0.39 is 6.61 Å². The number of benzene rings is 2. The van der Waals surface area contributed by atoms with Gasteiger partial charge in [-0.25, -0.2) is 0 Å². The van der Waals surface area contributed by atoms with Crippen LogP contribution in [0.2, 0.25) is 0 Å². The van der Waals surface area contributed by atoms with E-state index >= 15 is 0 Å². The van der Waals surface area contributed by atoms with Crippen LogP contribution in [0.5, 0.6) is 5.75 Å². The molecule has 0 saturated heterocycles. The Bertz CT molecular complexity index is 1500. The topological polar surface area (TPSA) is 100 Å². The molecular formula is C21H16F2N6O3S. The van der Waals surface area contributed by atoms with Crippen LogP contribution in [0.4, 0.5) is 8.78 Å². The molecule has 0 atom stereocenters.